The molecule has 1 aromatic rings. The molecule has 0 aromatic carbocycles. The molecule has 1 aliphatic carbocycles. The van der Waals surface area contributed by atoms with Gasteiger partial charge in [-0.2, -0.15) is 0 Å². The zero-order chi connectivity index (χ0) is 10.8. The van der Waals surface area contributed by atoms with Gasteiger partial charge in [-0.1, -0.05) is 0 Å². The van der Waals surface area contributed by atoms with E-state index in [0.717, 1.165) is 30.8 Å². The van der Waals surface area contributed by atoms with E-state index in [2.05, 4.69) is 9.97 Å². The summed E-state index contributed by atoms with van der Waals surface area (Å²) in [6.07, 6.45) is 4.72. The van der Waals surface area contributed by atoms with Gasteiger partial charge in [-0.15, -0.1) is 0 Å². The summed E-state index contributed by atoms with van der Waals surface area (Å²) in [5, 5.41) is 0. The van der Waals surface area contributed by atoms with Crippen molar-refractivity contribution in [3.63, 3.8) is 0 Å². The Hall–Kier alpha value is -1.25. The number of Topliss-reactive ketones (excluding diaryl/α,β-unsaturated/α-hetero) is 1. The van der Waals surface area contributed by atoms with Gasteiger partial charge in [-0.3, -0.25) is 0 Å². The Morgan fingerprint density at radius 3 is 2.87 bits per heavy atom. The fourth-order valence-corrected chi connectivity index (χ4v) is 2.15. The first kappa shape index (κ1) is 10.3. The van der Waals surface area contributed by atoms with Crippen molar-refractivity contribution < 1.29 is 4.79 Å². The van der Waals surface area contributed by atoms with Gasteiger partial charge in [0.1, 0.15) is 11.6 Å². The Balaban J connectivity index is 2.26. The predicted octanol–water partition coefficient (Wildman–Crippen LogP) is 1.80. The summed E-state index contributed by atoms with van der Waals surface area (Å²) >= 11 is 0. The van der Waals surface area contributed by atoms with Crippen LogP contribution in [0.5, 0.6) is 0 Å². The van der Waals surface area contributed by atoms with Crippen molar-refractivity contribution >= 4 is 5.78 Å². The highest BCUT2D eigenvalue weighted by Gasteiger charge is 2.18. The number of aromatic nitrogens is 2. The molecule has 1 aromatic heterocycles. The van der Waals surface area contributed by atoms with Crippen LogP contribution in [-0.2, 0) is 24.1 Å². The number of hydrogen-bond acceptors (Lipinski definition) is 3. The lowest BCUT2D eigenvalue weighted by atomic mass is 10.1. The van der Waals surface area contributed by atoms with Crippen molar-refractivity contribution in [3.8, 4) is 0 Å². The van der Waals surface area contributed by atoms with E-state index in [1.807, 2.05) is 6.92 Å². The van der Waals surface area contributed by atoms with Gasteiger partial charge >= 0.3 is 0 Å². The number of nitrogens with zero attached hydrogens (tertiary/aromatic N) is 2. The minimum absolute atomic E-state index is 0.234. The fraction of sp³-hybridized carbons (Fsp3) is 0.583. The van der Waals surface area contributed by atoms with Crippen LogP contribution in [0.15, 0.2) is 0 Å². The van der Waals surface area contributed by atoms with Gasteiger partial charge in [0.2, 0.25) is 0 Å². The number of fused-ring (bicyclic) bond motifs is 1. The maximum atomic E-state index is 11.0. The highest BCUT2D eigenvalue weighted by Crippen LogP contribution is 2.23. The Bertz CT molecular complexity index is 399. The lowest BCUT2D eigenvalue weighted by Gasteiger charge is -2.07. The number of carbonyl (C=O) groups is 1. The van der Waals surface area contributed by atoms with Crippen molar-refractivity contribution in [1.29, 1.82) is 0 Å². The van der Waals surface area contributed by atoms with Crippen molar-refractivity contribution in [2.24, 2.45) is 0 Å². The molecule has 2 rings (SSSR count). The second-order valence-corrected chi connectivity index (χ2v) is 4.20. The number of carbonyl (C=O) groups excluding carboxylic acids is 1. The van der Waals surface area contributed by atoms with Crippen LogP contribution >= 0.6 is 0 Å². The Morgan fingerprint density at radius 2 is 2.13 bits per heavy atom. The SMILES string of the molecule is CC(=O)CCc1nc(C)nc2c1CCC2. The van der Waals surface area contributed by atoms with Gasteiger partial charge in [0.05, 0.1) is 0 Å². The van der Waals surface area contributed by atoms with Gasteiger partial charge < -0.3 is 4.79 Å². The number of aryl methyl sites for hydroxylation is 3. The van der Waals surface area contributed by atoms with Gasteiger partial charge in [-0.25, -0.2) is 9.97 Å². The summed E-state index contributed by atoms with van der Waals surface area (Å²) in [4.78, 5) is 19.9. The topological polar surface area (TPSA) is 42.9 Å². The van der Waals surface area contributed by atoms with Gasteiger partial charge in [0.25, 0.3) is 0 Å². The molecular formula is C12H16N2O. The van der Waals surface area contributed by atoms with Crippen LogP contribution < -0.4 is 0 Å². The first-order valence-electron chi connectivity index (χ1n) is 5.51. The standard InChI is InChI=1S/C12H16N2O/c1-8(15)6-7-12-10-4-3-5-11(10)13-9(2)14-12/h3-7H2,1-2H3. The Morgan fingerprint density at radius 1 is 1.33 bits per heavy atom. The van der Waals surface area contributed by atoms with Crippen LogP contribution in [-0.4, -0.2) is 15.8 Å². The number of ketones is 1. The maximum absolute atomic E-state index is 11.0. The third-order valence-electron chi connectivity index (χ3n) is 2.84. The van der Waals surface area contributed by atoms with Gasteiger partial charge in [0.15, 0.2) is 0 Å². The molecule has 0 aliphatic heterocycles. The molecule has 0 unspecified atom stereocenters. The average Bonchev–Trinajstić information content (AvgIpc) is 2.61. The molecule has 0 saturated carbocycles. The minimum atomic E-state index is 0.234. The van der Waals surface area contributed by atoms with Crippen LogP contribution in [0.3, 0.4) is 0 Å². The molecule has 0 saturated heterocycles. The lowest BCUT2D eigenvalue weighted by Crippen LogP contribution is -2.05. The van der Waals surface area contributed by atoms with Crippen molar-refractivity contribution in [2.75, 3.05) is 0 Å². The van der Waals surface area contributed by atoms with Gasteiger partial charge in [0, 0.05) is 17.8 Å². The van der Waals surface area contributed by atoms with Crippen molar-refractivity contribution in [3.05, 3.63) is 22.8 Å². The molecule has 0 radical (unpaired) electrons. The minimum Gasteiger partial charge on any atom is -0.300 e. The molecule has 0 amide bonds. The summed E-state index contributed by atoms with van der Waals surface area (Å²) < 4.78 is 0. The monoisotopic (exact) mass is 204 g/mol. The second-order valence-electron chi connectivity index (χ2n) is 4.20. The summed E-state index contributed by atoms with van der Waals surface area (Å²) in [6.45, 7) is 3.56. The quantitative estimate of drug-likeness (QED) is 0.754. The third-order valence-corrected chi connectivity index (χ3v) is 2.84. The molecule has 0 spiro atoms. The van der Waals surface area contributed by atoms with Crippen molar-refractivity contribution in [1.82, 2.24) is 9.97 Å². The lowest BCUT2D eigenvalue weighted by molar-refractivity contribution is -0.117. The van der Waals surface area contributed by atoms with Crippen LogP contribution in [0.25, 0.3) is 0 Å². The predicted molar refractivity (Wildman–Crippen MR) is 57.8 cm³/mol. The third kappa shape index (κ3) is 2.22. The summed E-state index contributed by atoms with van der Waals surface area (Å²) in [5.74, 6) is 1.08. The largest absolute Gasteiger partial charge is 0.300 e. The summed E-state index contributed by atoms with van der Waals surface area (Å²) in [6, 6.07) is 0. The molecule has 1 aliphatic rings. The molecule has 15 heavy (non-hydrogen) atoms. The van der Waals surface area contributed by atoms with E-state index >= 15 is 0 Å². The average molecular weight is 204 g/mol. The van der Waals surface area contributed by atoms with Crippen LogP contribution in [0.1, 0.15) is 42.5 Å². The molecule has 3 heteroatoms. The van der Waals surface area contributed by atoms with Crippen LogP contribution in [0, 0.1) is 6.92 Å². The zero-order valence-corrected chi connectivity index (χ0v) is 9.34. The molecule has 0 N–H and O–H groups in total. The molecule has 80 valence electrons. The molecule has 1 heterocycles. The summed E-state index contributed by atoms with van der Waals surface area (Å²) in [7, 11) is 0. The van der Waals surface area contributed by atoms with Gasteiger partial charge in [-0.05, 0) is 45.1 Å². The first-order valence-corrected chi connectivity index (χ1v) is 5.51. The maximum Gasteiger partial charge on any atom is 0.130 e. The van der Waals surface area contributed by atoms with E-state index in [-0.39, 0.29) is 5.78 Å². The molecule has 0 atom stereocenters. The molecular weight excluding hydrogens is 188 g/mol. The zero-order valence-electron chi connectivity index (χ0n) is 9.34. The van der Waals surface area contributed by atoms with Crippen LogP contribution in [0.4, 0.5) is 0 Å². The van der Waals surface area contributed by atoms with E-state index in [0.29, 0.717) is 6.42 Å². The van der Waals surface area contributed by atoms with Crippen molar-refractivity contribution in [2.45, 2.75) is 46.0 Å². The molecule has 0 fully saturated rings. The van der Waals surface area contributed by atoms with E-state index < -0.39 is 0 Å². The van der Waals surface area contributed by atoms with E-state index in [1.54, 1.807) is 6.92 Å². The van der Waals surface area contributed by atoms with E-state index in [4.69, 9.17) is 0 Å². The smallest absolute Gasteiger partial charge is 0.130 e. The Kier molecular flexibility index (Phi) is 2.80. The summed E-state index contributed by atoms with van der Waals surface area (Å²) in [5.41, 5.74) is 3.62. The molecule has 3 nitrogen and oxygen atoms in total. The fourth-order valence-electron chi connectivity index (χ4n) is 2.15. The normalized spacial score (nSPS) is 14.0. The van der Waals surface area contributed by atoms with E-state index in [9.17, 15) is 4.79 Å². The molecule has 0 bridgehead atoms. The first-order chi connectivity index (χ1) is 7.16. The highest BCUT2D eigenvalue weighted by atomic mass is 16.1. The van der Waals surface area contributed by atoms with E-state index in [1.165, 1.54) is 17.7 Å². The second kappa shape index (κ2) is 4.09. The number of rotatable bonds is 3. The number of hydrogen-bond donors (Lipinski definition) is 0. The van der Waals surface area contributed by atoms with Crippen LogP contribution in [0.2, 0.25) is 0 Å². The highest BCUT2D eigenvalue weighted by molar-refractivity contribution is 5.75. The Labute approximate surface area is 89.9 Å².